The van der Waals surface area contributed by atoms with Gasteiger partial charge in [0.2, 0.25) is 0 Å². The Kier molecular flexibility index (Phi) is 16.2. The summed E-state index contributed by atoms with van der Waals surface area (Å²) < 4.78 is 23.0. The van der Waals surface area contributed by atoms with Crippen LogP contribution in [0.5, 0.6) is 0 Å². The van der Waals surface area contributed by atoms with E-state index in [1.807, 2.05) is 27.9 Å². The summed E-state index contributed by atoms with van der Waals surface area (Å²) in [5.41, 5.74) is 4.16. The number of ketones is 2. The summed E-state index contributed by atoms with van der Waals surface area (Å²) in [6.07, 6.45) is 3.73. The molecule has 0 aliphatic carbocycles. The van der Waals surface area contributed by atoms with Crippen LogP contribution in [0, 0.1) is 35.5 Å². The number of hydrogen-bond acceptors (Lipinski definition) is 17. The maximum absolute atomic E-state index is 14.2. The van der Waals surface area contributed by atoms with Crippen LogP contribution >= 0.6 is 11.3 Å². The van der Waals surface area contributed by atoms with E-state index in [-0.39, 0.29) is 29.9 Å². The molecular weight excluding hydrogens is 783 g/mol. The molecule has 0 spiro atoms. The maximum atomic E-state index is 14.2. The standard InChI is InChI=1S/C33H46N6O8S.C8H17NO2/c1-10-21-33(8)23(18(4)24(40)16(2)14-32(7,44-9)15-17(3)25(41)19(5)30(42)45-21)22(31(43)46-33)26(34)39-47-20(6)28-37-38-29(48-28)27-35-12-11-13-36-27;1-6-4-7(9(2)3)5-8(10)11-6/h11-13,16-23H,10,14-15H2,1-9H3,(H2,34,39);6-8,10H,4-5H2,1-3H3/t16-,17?,18?,19?,20?,21+,22?,23?,32-,33-;/m1./s1. The lowest BCUT2D eigenvalue weighted by Gasteiger charge is -2.41. The maximum Gasteiger partial charge on any atom is 0.317 e. The summed E-state index contributed by atoms with van der Waals surface area (Å²) in [5.74, 6) is -6.74. The zero-order chi connectivity index (χ0) is 44.0. The lowest BCUT2D eigenvalue weighted by Crippen LogP contribution is -2.53. The van der Waals surface area contributed by atoms with Crippen molar-refractivity contribution in [1.82, 2.24) is 25.1 Å². The summed E-state index contributed by atoms with van der Waals surface area (Å²) in [6.45, 7) is 15.7. The Balaban J connectivity index is 0.000000603. The largest absolute Gasteiger partial charge is 0.458 e. The van der Waals surface area contributed by atoms with Crippen LogP contribution in [0.1, 0.15) is 106 Å². The van der Waals surface area contributed by atoms with Gasteiger partial charge in [-0.15, -0.1) is 10.2 Å². The monoisotopic (exact) mass is 845 g/mol. The number of Topliss-reactive ketones (excluding diaryl/α,β-unsaturated/α-hetero) is 2. The average Bonchev–Trinajstić information content (AvgIpc) is 3.80. The zero-order valence-electron chi connectivity index (χ0n) is 36.4. The van der Waals surface area contributed by atoms with Crippen LogP contribution in [0.2, 0.25) is 0 Å². The molecule has 9 unspecified atom stereocenters. The minimum Gasteiger partial charge on any atom is -0.458 e. The molecule has 3 N–H and O–H groups in total. The fourth-order valence-corrected chi connectivity index (χ4v) is 9.38. The number of aliphatic hydroxyl groups is 1. The molecule has 5 heterocycles. The first kappa shape index (κ1) is 47.7. The van der Waals surface area contributed by atoms with E-state index in [1.54, 1.807) is 60.0 Å². The molecule has 5 rings (SSSR count). The molecule has 0 aromatic carbocycles. The first-order chi connectivity index (χ1) is 27.7. The normalized spacial score (nSPS) is 35.5. The lowest BCUT2D eigenvalue weighted by atomic mass is 9.67. The van der Waals surface area contributed by atoms with Crippen molar-refractivity contribution in [3.63, 3.8) is 0 Å². The summed E-state index contributed by atoms with van der Waals surface area (Å²) in [6, 6.07) is 2.16. The Morgan fingerprint density at radius 3 is 2.22 bits per heavy atom. The Morgan fingerprint density at radius 2 is 1.64 bits per heavy atom. The van der Waals surface area contributed by atoms with Crippen molar-refractivity contribution < 1.29 is 48.1 Å². The summed E-state index contributed by atoms with van der Waals surface area (Å²) in [7, 11) is 5.61. The van der Waals surface area contributed by atoms with Gasteiger partial charge in [-0.05, 0) is 80.5 Å². The van der Waals surface area contributed by atoms with E-state index in [9.17, 15) is 24.3 Å². The summed E-state index contributed by atoms with van der Waals surface area (Å²) in [4.78, 5) is 70.8. The first-order valence-corrected chi connectivity index (χ1v) is 21.1. The molecule has 2 aromatic heterocycles. The van der Waals surface area contributed by atoms with Crippen molar-refractivity contribution in [3.05, 3.63) is 23.5 Å². The number of rotatable bonds is 8. The van der Waals surface area contributed by atoms with Crippen LogP contribution in [0.25, 0.3) is 10.8 Å². The van der Waals surface area contributed by atoms with Crippen molar-refractivity contribution in [3.8, 4) is 10.8 Å². The van der Waals surface area contributed by atoms with Crippen molar-refractivity contribution in [2.75, 3.05) is 21.2 Å². The average molecular weight is 846 g/mol. The van der Waals surface area contributed by atoms with Crippen LogP contribution in [0.15, 0.2) is 23.6 Å². The number of oxime groups is 1. The second kappa shape index (κ2) is 20.1. The molecule has 0 saturated carbocycles. The summed E-state index contributed by atoms with van der Waals surface area (Å²) >= 11 is 1.22. The second-order valence-electron chi connectivity index (χ2n) is 16.9. The number of amidine groups is 1. The molecule has 0 bridgehead atoms. The molecule has 0 amide bonds. The van der Waals surface area contributed by atoms with Gasteiger partial charge in [-0.2, -0.15) is 0 Å². The van der Waals surface area contributed by atoms with Crippen LogP contribution in [-0.4, -0.2) is 116 Å². The van der Waals surface area contributed by atoms with E-state index in [1.165, 1.54) is 25.4 Å². The Bertz CT molecular complexity index is 1790. The van der Waals surface area contributed by atoms with Crippen molar-refractivity contribution >= 4 is 40.7 Å². The quantitative estimate of drug-likeness (QED) is 0.122. The highest BCUT2D eigenvalue weighted by Gasteiger charge is 2.62. The van der Waals surface area contributed by atoms with Gasteiger partial charge in [0.15, 0.2) is 39.7 Å². The number of methoxy groups -OCH3 is 1. The highest BCUT2D eigenvalue weighted by Crippen LogP contribution is 2.48. The fraction of sp³-hybridized carbons (Fsp3) is 0.732. The number of cyclic esters (lactones) is 1. The van der Waals surface area contributed by atoms with Gasteiger partial charge in [-0.3, -0.25) is 19.2 Å². The molecule has 2 aromatic rings. The van der Waals surface area contributed by atoms with Crippen LogP contribution < -0.4 is 5.73 Å². The SMILES string of the molecule is CC1CC(N(C)C)CC(O)O1.CC[C@@H]1OC(=O)C(C)C(=O)C(C)C[C@](C)(OC)C[C@@H](C)C(=O)C(C)C2C(/C(N)=N/OC(C)c3nnc(-c4ncccn4)s3)C(=O)O[C@@]21C. The van der Waals surface area contributed by atoms with Gasteiger partial charge in [0.05, 0.1) is 11.7 Å². The van der Waals surface area contributed by atoms with Crippen LogP contribution in [0.4, 0.5) is 0 Å². The number of hydrogen-bond donors (Lipinski definition) is 2. The number of nitrogens with two attached hydrogens (primary N) is 1. The highest BCUT2D eigenvalue weighted by atomic mass is 32.1. The molecule has 59 heavy (non-hydrogen) atoms. The predicted octanol–water partition coefficient (Wildman–Crippen LogP) is 4.53. The minimum atomic E-state index is -1.49. The number of esters is 2. The van der Waals surface area contributed by atoms with E-state index in [2.05, 4.69) is 30.2 Å². The molecule has 18 heteroatoms. The van der Waals surface area contributed by atoms with Gasteiger partial charge < -0.3 is 39.5 Å². The molecule has 0 radical (unpaired) electrons. The Hall–Kier alpha value is -3.97. The number of nitrogens with zero attached hydrogens (tertiary/aromatic N) is 6. The third kappa shape index (κ3) is 11.2. The van der Waals surface area contributed by atoms with E-state index < -0.39 is 77.1 Å². The second-order valence-corrected chi connectivity index (χ2v) is 17.9. The Morgan fingerprint density at radius 1 is 1.02 bits per heavy atom. The van der Waals surface area contributed by atoms with E-state index >= 15 is 0 Å². The number of aromatic nitrogens is 4. The zero-order valence-corrected chi connectivity index (χ0v) is 37.2. The lowest BCUT2D eigenvalue weighted by molar-refractivity contribution is -0.183. The highest BCUT2D eigenvalue weighted by molar-refractivity contribution is 7.14. The molecule has 328 valence electrons. The number of carbonyl (C=O) groups excluding carboxylic acids is 4. The molecule has 3 saturated heterocycles. The van der Waals surface area contributed by atoms with E-state index in [0.717, 1.165) is 12.8 Å². The Labute approximate surface area is 351 Å². The predicted molar refractivity (Wildman–Crippen MR) is 218 cm³/mol. The molecule has 13 atom stereocenters. The van der Waals surface area contributed by atoms with Gasteiger partial charge in [-0.1, -0.05) is 44.2 Å². The fourth-order valence-electron chi connectivity index (χ4n) is 8.61. The van der Waals surface area contributed by atoms with Crippen LogP contribution in [-0.2, 0) is 43.0 Å². The smallest absolute Gasteiger partial charge is 0.317 e. The number of carbonyl (C=O) groups is 4. The topological polar surface area (TPSA) is 228 Å². The molecule has 3 aliphatic rings. The first-order valence-electron chi connectivity index (χ1n) is 20.3. The molecule has 3 fully saturated rings. The van der Waals surface area contributed by atoms with E-state index in [0.29, 0.717) is 34.7 Å². The summed E-state index contributed by atoms with van der Waals surface area (Å²) in [5, 5.41) is 22.6. The third-order valence-corrected chi connectivity index (χ3v) is 13.0. The van der Waals surface area contributed by atoms with Crippen molar-refractivity contribution in [2.24, 2.45) is 46.4 Å². The molecule has 17 nitrogen and oxygen atoms in total. The van der Waals surface area contributed by atoms with Gasteiger partial charge >= 0.3 is 11.9 Å². The van der Waals surface area contributed by atoms with Gasteiger partial charge in [0.1, 0.15) is 29.5 Å². The van der Waals surface area contributed by atoms with Crippen molar-refractivity contribution in [2.45, 2.75) is 136 Å². The van der Waals surface area contributed by atoms with Crippen LogP contribution in [0.3, 0.4) is 0 Å². The van der Waals surface area contributed by atoms with Crippen molar-refractivity contribution in [1.29, 1.82) is 0 Å². The number of fused-ring (bicyclic) bond motifs is 1. The number of ether oxygens (including phenoxy) is 4. The number of aliphatic hydroxyl groups excluding tert-OH is 1. The van der Waals surface area contributed by atoms with Gasteiger partial charge in [-0.25, -0.2) is 9.97 Å². The third-order valence-electron chi connectivity index (χ3n) is 11.9. The molecule has 3 aliphatic heterocycles. The van der Waals surface area contributed by atoms with Gasteiger partial charge in [0, 0.05) is 55.6 Å². The molecular formula is C41H63N7O10S. The minimum absolute atomic E-state index is 0.157. The van der Waals surface area contributed by atoms with Gasteiger partial charge in [0.25, 0.3) is 0 Å². The van der Waals surface area contributed by atoms with E-state index in [4.69, 9.17) is 29.5 Å².